The molecule has 0 aliphatic carbocycles. The third kappa shape index (κ3) is 8.66. The molecule has 0 atom stereocenters. The Hall–Kier alpha value is -2.74. The summed E-state index contributed by atoms with van der Waals surface area (Å²) >= 11 is 4.29. The summed E-state index contributed by atoms with van der Waals surface area (Å²) in [4.78, 5) is 11.5. The lowest BCUT2D eigenvalue weighted by atomic mass is 9.85. The van der Waals surface area contributed by atoms with Crippen molar-refractivity contribution in [3.05, 3.63) is 75.8 Å². The zero-order chi connectivity index (χ0) is 27.0. The van der Waals surface area contributed by atoms with Crippen LogP contribution in [-0.2, 0) is 6.42 Å². The molecular formula is C30H41N5S2. The maximum Gasteiger partial charge on any atom is 0.227 e. The molecule has 2 N–H and O–H groups in total. The number of likely N-dealkylation sites (tertiary alicyclic amines) is 1. The monoisotopic (exact) mass is 535 g/mol. The van der Waals surface area contributed by atoms with Gasteiger partial charge in [0.1, 0.15) is 0 Å². The Labute approximate surface area is 229 Å². The first kappa shape index (κ1) is 28.8. The van der Waals surface area contributed by atoms with E-state index in [9.17, 15) is 0 Å². The van der Waals surface area contributed by atoms with Gasteiger partial charge in [0, 0.05) is 11.4 Å². The summed E-state index contributed by atoms with van der Waals surface area (Å²) in [5.74, 6) is 9.27. The first-order valence-corrected chi connectivity index (χ1v) is 15.5. The Morgan fingerprint density at radius 3 is 2.57 bits per heavy atom. The van der Waals surface area contributed by atoms with E-state index in [0.717, 1.165) is 42.1 Å². The Kier molecular flexibility index (Phi) is 10.3. The van der Waals surface area contributed by atoms with E-state index in [2.05, 4.69) is 90.1 Å². The van der Waals surface area contributed by atoms with Crippen LogP contribution >= 0.6 is 22.0 Å². The molecule has 0 aromatic heterocycles. The van der Waals surface area contributed by atoms with E-state index in [1.54, 1.807) is 5.41 Å². The normalized spacial score (nSPS) is 16.2. The highest BCUT2D eigenvalue weighted by molar-refractivity contribution is 8.28. The van der Waals surface area contributed by atoms with Crippen molar-refractivity contribution in [2.24, 2.45) is 9.98 Å². The number of anilines is 1. The van der Waals surface area contributed by atoms with Crippen LogP contribution in [0.15, 0.2) is 63.6 Å². The molecule has 1 fully saturated rings. The van der Waals surface area contributed by atoms with Crippen molar-refractivity contribution in [3.63, 3.8) is 0 Å². The topological polar surface area (TPSA) is 52.0 Å². The molecule has 0 radical (unpaired) electrons. The molecule has 1 saturated heterocycles. The molecule has 198 valence electrons. The van der Waals surface area contributed by atoms with Crippen molar-refractivity contribution < 1.29 is 0 Å². The van der Waals surface area contributed by atoms with Gasteiger partial charge in [0.2, 0.25) is 5.96 Å². The molecule has 0 spiro atoms. The van der Waals surface area contributed by atoms with Crippen molar-refractivity contribution in [3.8, 4) is 0 Å². The van der Waals surface area contributed by atoms with Crippen LogP contribution in [0.5, 0.6) is 0 Å². The van der Waals surface area contributed by atoms with Gasteiger partial charge in [-0.1, -0.05) is 36.9 Å². The minimum atomic E-state index is -1.37. The van der Waals surface area contributed by atoms with Gasteiger partial charge in [-0.2, -0.15) is 12.6 Å². The van der Waals surface area contributed by atoms with Crippen LogP contribution in [0.25, 0.3) is 6.08 Å². The van der Waals surface area contributed by atoms with E-state index < -0.39 is 9.39 Å². The Morgan fingerprint density at radius 2 is 1.95 bits per heavy atom. The molecular weight excluding hydrogens is 494 g/mol. The van der Waals surface area contributed by atoms with Gasteiger partial charge in [0.05, 0.1) is 5.69 Å². The number of thiol groups is 1. The summed E-state index contributed by atoms with van der Waals surface area (Å²) in [5.41, 5.74) is 7.69. The lowest BCUT2D eigenvalue weighted by Crippen LogP contribution is -2.29. The molecule has 0 amide bonds. The number of nitrogens with one attached hydrogen (secondary N) is 2. The fraction of sp³-hybridized carbons (Fsp3) is 0.333. The van der Waals surface area contributed by atoms with Gasteiger partial charge in [0.15, 0.2) is 0 Å². The smallest absolute Gasteiger partial charge is 0.227 e. The zero-order valence-corrected chi connectivity index (χ0v) is 24.3. The predicted molar refractivity (Wildman–Crippen MR) is 174 cm³/mol. The third-order valence-corrected chi connectivity index (χ3v) is 7.34. The molecule has 1 heterocycles. The molecule has 2 aromatic rings. The van der Waals surface area contributed by atoms with Crippen molar-refractivity contribution in [2.45, 2.75) is 39.0 Å². The number of hydrogen-bond donors (Lipinski definition) is 3. The largest absolute Gasteiger partial charge is 0.342 e. The van der Waals surface area contributed by atoms with Crippen LogP contribution in [0.3, 0.4) is 0 Å². The fourth-order valence-corrected chi connectivity index (χ4v) is 5.47. The van der Waals surface area contributed by atoms with Crippen molar-refractivity contribution in [1.29, 1.82) is 0 Å². The fourth-order valence-electron chi connectivity index (χ4n) is 4.61. The highest BCUT2D eigenvalue weighted by atomic mass is 32.2. The number of piperidine rings is 1. The first-order chi connectivity index (χ1) is 17.6. The van der Waals surface area contributed by atoms with Gasteiger partial charge in [-0.25, -0.2) is 9.98 Å². The van der Waals surface area contributed by atoms with Crippen molar-refractivity contribution in [1.82, 2.24) is 10.2 Å². The average molecular weight is 536 g/mol. The van der Waals surface area contributed by atoms with E-state index in [4.69, 9.17) is 4.99 Å². The minimum Gasteiger partial charge on any atom is -0.342 e. The van der Waals surface area contributed by atoms with Crippen LogP contribution in [0.4, 0.5) is 11.4 Å². The molecule has 1 aliphatic rings. The molecule has 0 saturated carbocycles. The number of allylic oxidation sites excluding steroid dienone is 1. The lowest BCUT2D eigenvalue weighted by molar-refractivity contribution is 0.255. The molecule has 5 nitrogen and oxygen atoms in total. The highest BCUT2D eigenvalue weighted by Gasteiger charge is 2.21. The van der Waals surface area contributed by atoms with Crippen molar-refractivity contribution >= 4 is 63.9 Å². The molecule has 7 heteroatoms. The molecule has 1 aliphatic heterocycles. The van der Waals surface area contributed by atoms with Crippen LogP contribution in [0, 0.1) is 6.92 Å². The minimum absolute atomic E-state index is 0.445. The zero-order valence-electron chi connectivity index (χ0n) is 22.6. The van der Waals surface area contributed by atoms with Gasteiger partial charge in [0.25, 0.3) is 0 Å². The highest BCUT2D eigenvalue weighted by Crippen LogP contribution is 2.34. The molecule has 2 aromatic carbocycles. The van der Waals surface area contributed by atoms with Crippen molar-refractivity contribution in [2.75, 3.05) is 31.1 Å². The summed E-state index contributed by atoms with van der Waals surface area (Å²) in [6.07, 6.45) is 9.22. The van der Waals surface area contributed by atoms with Gasteiger partial charge in [-0.05, 0) is 123 Å². The number of benzene rings is 2. The number of guanidine groups is 1. The summed E-state index contributed by atoms with van der Waals surface area (Å²) in [5, 5.41) is 5.01. The summed E-state index contributed by atoms with van der Waals surface area (Å²) in [6, 6.07) is 12.7. The lowest BCUT2D eigenvalue weighted by Gasteiger charge is -2.30. The maximum absolute atomic E-state index is 4.88. The van der Waals surface area contributed by atoms with Crippen LogP contribution in [0.2, 0.25) is 0 Å². The van der Waals surface area contributed by atoms with Crippen LogP contribution in [-0.4, -0.2) is 55.7 Å². The first-order valence-electron chi connectivity index (χ1n) is 12.6. The maximum atomic E-state index is 4.88. The second kappa shape index (κ2) is 13.2. The van der Waals surface area contributed by atoms with Crippen LogP contribution in [0.1, 0.15) is 47.9 Å². The van der Waals surface area contributed by atoms with E-state index in [-0.39, 0.29) is 0 Å². The van der Waals surface area contributed by atoms with Gasteiger partial charge in [-0.3, -0.25) is 0 Å². The number of hydrogen-bond acceptors (Lipinski definition) is 4. The average Bonchev–Trinajstić information content (AvgIpc) is 2.83. The second-order valence-electron chi connectivity index (χ2n) is 9.90. The third-order valence-electron chi connectivity index (χ3n) is 6.47. The number of nitrogens with zero attached hydrogens (tertiary/aromatic N) is 3. The molecule has 0 unspecified atom stereocenters. The van der Waals surface area contributed by atoms with Gasteiger partial charge < -0.3 is 14.9 Å². The number of aryl methyl sites for hydroxylation is 2. The van der Waals surface area contributed by atoms with Gasteiger partial charge in [-0.15, -0.1) is 9.39 Å². The Morgan fingerprint density at radius 1 is 1.22 bits per heavy atom. The second-order valence-corrected chi connectivity index (χ2v) is 13.0. The van der Waals surface area contributed by atoms with Crippen LogP contribution < -0.4 is 10.0 Å². The Bertz CT molecular complexity index is 1300. The standard InChI is InChI=1S/C30H41N5S2/c1-8-24-21-28(25-12-15-35(4)16-13-25)22(2)18-29(24)33-30(31-3)32-26(14-17-36)19-23-10-9-11-27(20-23)34-37(5,6)7/h9-11,14,17-21,25,34,36H,3,5-6,8,12-13,15-16H2,1-2,4,7H3,(H,32,33)/b17-14-,26-19-. The van der Waals surface area contributed by atoms with E-state index in [1.165, 1.54) is 29.5 Å². The SMILES string of the molecule is C=NC(=Nc1cc(C)c(C2CCN(C)CC2)cc1CC)NC(/C=C\S)=C\c1cccc(NS(=C)(=C)C)c1. The predicted octanol–water partition coefficient (Wildman–Crippen LogP) is 6.75. The summed E-state index contributed by atoms with van der Waals surface area (Å²) < 4.78 is 3.38. The summed E-state index contributed by atoms with van der Waals surface area (Å²) in [6.45, 7) is 10.4. The number of rotatable bonds is 8. The molecule has 3 rings (SSSR count). The molecule has 37 heavy (non-hydrogen) atoms. The van der Waals surface area contributed by atoms with Gasteiger partial charge >= 0.3 is 0 Å². The van der Waals surface area contributed by atoms with E-state index in [1.807, 2.05) is 36.6 Å². The quantitative estimate of drug-likeness (QED) is 0.115. The molecule has 0 bridgehead atoms. The van der Waals surface area contributed by atoms with E-state index >= 15 is 0 Å². The number of aliphatic imine (C=N–C) groups is 2. The Balaban J connectivity index is 1.90. The van der Waals surface area contributed by atoms with E-state index in [0.29, 0.717) is 11.9 Å². The summed E-state index contributed by atoms with van der Waals surface area (Å²) in [7, 11) is 0.834.